The van der Waals surface area contributed by atoms with Gasteiger partial charge in [-0.2, -0.15) is 0 Å². The summed E-state index contributed by atoms with van der Waals surface area (Å²) in [6.07, 6.45) is 4.71. The van der Waals surface area contributed by atoms with Crippen LogP contribution in [-0.4, -0.2) is 66.9 Å². The molecule has 0 radical (unpaired) electrons. The summed E-state index contributed by atoms with van der Waals surface area (Å²) in [5.41, 5.74) is 1.25. The summed E-state index contributed by atoms with van der Waals surface area (Å²) in [7, 11) is 0. The number of likely N-dealkylation sites (tertiary alicyclic amines) is 2. The third kappa shape index (κ3) is 6.03. The molecule has 0 spiro atoms. The highest BCUT2D eigenvalue weighted by atomic mass is 16.5. The smallest absolute Gasteiger partial charge is 0.309 e. The Morgan fingerprint density at radius 2 is 1.79 bits per heavy atom. The molecule has 0 aromatic heterocycles. The summed E-state index contributed by atoms with van der Waals surface area (Å²) >= 11 is 0. The van der Waals surface area contributed by atoms with Gasteiger partial charge in [0.15, 0.2) is 0 Å². The van der Waals surface area contributed by atoms with Crippen LogP contribution in [0.2, 0.25) is 0 Å². The van der Waals surface area contributed by atoms with Gasteiger partial charge in [-0.3, -0.25) is 19.3 Å². The molecular formula is C22H31N3O4. The number of nitrogens with one attached hydrogen (secondary N) is 1. The number of benzene rings is 1. The van der Waals surface area contributed by atoms with Crippen molar-refractivity contribution in [1.29, 1.82) is 0 Å². The van der Waals surface area contributed by atoms with E-state index in [0.29, 0.717) is 43.8 Å². The van der Waals surface area contributed by atoms with E-state index < -0.39 is 0 Å². The molecule has 2 amide bonds. The predicted octanol–water partition coefficient (Wildman–Crippen LogP) is 2.53. The highest BCUT2D eigenvalue weighted by molar-refractivity contribution is 5.97. The standard InChI is InChI=1S/C22H31N3O4/c1-2-29-22(28)17-9-13-24(14-10-17)16-20(26)23-19-8-6-7-18(15-19)21(27)25-11-4-3-5-12-25/h6-8,15,17H,2-5,9-14,16H2,1H3,(H,23,26). The molecule has 29 heavy (non-hydrogen) atoms. The zero-order chi connectivity index (χ0) is 20.6. The van der Waals surface area contributed by atoms with Crippen molar-refractivity contribution in [3.8, 4) is 0 Å². The molecular weight excluding hydrogens is 370 g/mol. The molecule has 2 aliphatic rings. The maximum atomic E-state index is 12.7. The summed E-state index contributed by atoms with van der Waals surface area (Å²) in [5.74, 6) is -0.275. The van der Waals surface area contributed by atoms with Gasteiger partial charge in [0.05, 0.1) is 19.1 Å². The Balaban J connectivity index is 1.48. The van der Waals surface area contributed by atoms with Crippen LogP contribution in [0, 0.1) is 5.92 Å². The number of nitrogens with zero attached hydrogens (tertiary/aromatic N) is 2. The lowest BCUT2D eigenvalue weighted by Gasteiger charge is -2.30. The van der Waals surface area contributed by atoms with E-state index in [2.05, 4.69) is 5.32 Å². The van der Waals surface area contributed by atoms with Crippen LogP contribution in [0.15, 0.2) is 24.3 Å². The molecule has 1 N–H and O–H groups in total. The van der Waals surface area contributed by atoms with Gasteiger partial charge < -0.3 is 15.0 Å². The Labute approximate surface area is 172 Å². The topological polar surface area (TPSA) is 79.0 Å². The number of carbonyl (C=O) groups excluding carboxylic acids is 3. The molecule has 2 aliphatic heterocycles. The van der Waals surface area contributed by atoms with Crippen molar-refractivity contribution in [2.45, 2.75) is 39.0 Å². The van der Waals surface area contributed by atoms with Crippen molar-refractivity contribution in [2.75, 3.05) is 44.6 Å². The first-order valence-electron chi connectivity index (χ1n) is 10.6. The Morgan fingerprint density at radius 1 is 1.07 bits per heavy atom. The van der Waals surface area contributed by atoms with Crippen LogP contribution in [-0.2, 0) is 14.3 Å². The first kappa shape index (κ1) is 21.3. The molecule has 0 bridgehead atoms. The van der Waals surface area contributed by atoms with Gasteiger partial charge in [0.1, 0.15) is 0 Å². The van der Waals surface area contributed by atoms with Gasteiger partial charge in [-0.25, -0.2) is 0 Å². The van der Waals surface area contributed by atoms with E-state index in [-0.39, 0.29) is 30.2 Å². The van der Waals surface area contributed by atoms with Gasteiger partial charge >= 0.3 is 5.97 Å². The van der Waals surface area contributed by atoms with E-state index in [9.17, 15) is 14.4 Å². The zero-order valence-corrected chi connectivity index (χ0v) is 17.2. The van der Waals surface area contributed by atoms with E-state index in [1.807, 2.05) is 16.7 Å². The summed E-state index contributed by atoms with van der Waals surface area (Å²) < 4.78 is 5.08. The molecule has 1 aromatic rings. The largest absolute Gasteiger partial charge is 0.466 e. The molecule has 2 fully saturated rings. The SMILES string of the molecule is CCOC(=O)C1CCN(CC(=O)Nc2cccc(C(=O)N3CCCCC3)c2)CC1. The van der Waals surface area contributed by atoms with Gasteiger partial charge in [-0.05, 0) is 70.3 Å². The van der Waals surface area contributed by atoms with Crippen LogP contribution in [0.4, 0.5) is 5.69 Å². The van der Waals surface area contributed by atoms with Crippen molar-refractivity contribution in [3.05, 3.63) is 29.8 Å². The van der Waals surface area contributed by atoms with E-state index in [1.54, 1.807) is 24.3 Å². The number of amides is 2. The van der Waals surface area contributed by atoms with Crippen LogP contribution in [0.1, 0.15) is 49.4 Å². The minimum atomic E-state index is -0.133. The Morgan fingerprint density at radius 3 is 2.48 bits per heavy atom. The Bertz CT molecular complexity index is 723. The first-order chi connectivity index (χ1) is 14.1. The molecule has 158 valence electrons. The number of rotatable bonds is 6. The maximum Gasteiger partial charge on any atom is 0.309 e. The van der Waals surface area contributed by atoms with Crippen LogP contribution >= 0.6 is 0 Å². The number of esters is 1. The van der Waals surface area contributed by atoms with Crippen LogP contribution in [0.5, 0.6) is 0 Å². The van der Waals surface area contributed by atoms with Crippen molar-refractivity contribution in [3.63, 3.8) is 0 Å². The second-order valence-electron chi connectivity index (χ2n) is 7.78. The second-order valence-corrected chi connectivity index (χ2v) is 7.78. The van der Waals surface area contributed by atoms with Gasteiger partial charge in [-0.1, -0.05) is 6.07 Å². The minimum Gasteiger partial charge on any atom is -0.466 e. The Hall–Kier alpha value is -2.41. The number of ether oxygens (including phenoxy) is 1. The van der Waals surface area contributed by atoms with Crippen LogP contribution in [0.3, 0.4) is 0 Å². The molecule has 0 unspecified atom stereocenters. The fourth-order valence-corrected chi connectivity index (χ4v) is 4.00. The molecule has 7 heteroatoms. The lowest BCUT2D eigenvalue weighted by Crippen LogP contribution is -2.41. The number of hydrogen-bond acceptors (Lipinski definition) is 5. The molecule has 3 rings (SSSR count). The van der Waals surface area contributed by atoms with Gasteiger partial charge in [0.25, 0.3) is 5.91 Å². The molecule has 0 atom stereocenters. The summed E-state index contributed by atoms with van der Waals surface area (Å²) in [6.45, 7) is 5.50. The van der Waals surface area contributed by atoms with Gasteiger partial charge in [0.2, 0.25) is 5.91 Å². The summed E-state index contributed by atoms with van der Waals surface area (Å²) in [4.78, 5) is 40.9. The quantitative estimate of drug-likeness (QED) is 0.741. The van der Waals surface area contributed by atoms with Gasteiger partial charge in [-0.15, -0.1) is 0 Å². The fraction of sp³-hybridized carbons (Fsp3) is 0.591. The lowest BCUT2D eigenvalue weighted by molar-refractivity contribution is -0.149. The Kier molecular flexibility index (Phi) is 7.63. The third-order valence-electron chi connectivity index (χ3n) is 5.61. The second kappa shape index (κ2) is 10.4. The van der Waals surface area contributed by atoms with Crippen LogP contribution < -0.4 is 5.32 Å². The van der Waals surface area contributed by atoms with Crippen molar-refractivity contribution in [2.24, 2.45) is 5.92 Å². The normalized spacial score (nSPS) is 18.3. The molecule has 1 aromatic carbocycles. The van der Waals surface area contributed by atoms with E-state index >= 15 is 0 Å². The maximum absolute atomic E-state index is 12.7. The number of carbonyl (C=O) groups is 3. The zero-order valence-electron chi connectivity index (χ0n) is 17.2. The number of piperidine rings is 2. The van der Waals surface area contributed by atoms with E-state index in [4.69, 9.17) is 4.74 Å². The summed E-state index contributed by atoms with van der Waals surface area (Å²) in [6, 6.07) is 7.16. The highest BCUT2D eigenvalue weighted by Crippen LogP contribution is 2.19. The number of hydrogen-bond donors (Lipinski definition) is 1. The summed E-state index contributed by atoms with van der Waals surface area (Å²) in [5, 5.41) is 2.90. The third-order valence-corrected chi connectivity index (χ3v) is 5.61. The predicted molar refractivity (Wildman–Crippen MR) is 111 cm³/mol. The van der Waals surface area contributed by atoms with Crippen LogP contribution in [0.25, 0.3) is 0 Å². The average molecular weight is 402 g/mol. The van der Waals surface area contributed by atoms with Crippen molar-refractivity contribution >= 4 is 23.5 Å². The van der Waals surface area contributed by atoms with Gasteiger partial charge in [0, 0.05) is 24.3 Å². The first-order valence-corrected chi connectivity index (χ1v) is 10.6. The minimum absolute atomic E-state index is 0.0295. The molecule has 0 aliphatic carbocycles. The number of anilines is 1. The van der Waals surface area contributed by atoms with E-state index in [0.717, 1.165) is 25.9 Å². The molecule has 0 saturated carbocycles. The monoisotopic (exact) mass is 401 g/mol. The molecule has 7 nitrogen and oxygen atoms in total. The highest BCUT2D eigenvalue weighted by Gasteiger charge is 2.27. The van der Waals surface area contributed by atoms with Crippen molar-refractivity contribution in [1.82, 2.24) is 9.80 Å². The molecule has 2 saturated heterocycles. The lowest BCUT2D eigenvalue weighted by atomic mass is 9.97. The van der Waals surface area contributed by atoms with E-state index in [1.165, 1.54) is 6.42 Å². The molecule has 2 heterocycles. The van der Waals surface area contributed by atoms with Crippen molar-refractivity contribution < 1.29 is 19.1 Å². The fourth-order valence-electron chi connectivity index (χ4n) is 4.00. The average Bonchev–Trinajstić information content (AvgIpc) is 2.74.